The average Bonchev–Trinajstić information content (AvgIpc) is 2.34. The number of carbonyl (C=O) groups is 1. The Bertz CT molecular complexity index is 408. The molecule has 0 heterocycles. The van der Waals surface area contributed by atoms with Gasteiger partial charge in [-0.2, -0.15) is 0 Å². The predicted molar refractivity (Wildman–Crippen MR) is 68.4 cm³/mol. The molecular formula is C13H19FN2O2. The van der Waals surface area contributed by atoms with Crippen molar-refractivity contribution >= 4 is 5.91 Å². The highest BCUT2D eigenvalue weighted by Crippen LogP contribution is 2.17. The zero-order chi connectivity index (χ0) is 13.5. The van der Waals surface area contributed by atoms with Crippen molar-refractivity contribution in [2.45, 2.75) is 19.9 Å². The summed E-state index contributed by atoms with van der Waals surface area (Å²) in [6.07, 6.45) is 0. The molecule has 0 radical (unpaired) electrons. The van der Waals surface area contributed by atoms with Crippen molar-refractivity contribution in [3.05, 3.63) is 29.6 Å². The molecule has 0 spiro atoms. The number of methoxy groups -OCH3 is 1. The van der Waals surface area contributed by atoms with Crippen LogP contribution >= 0.6 is 0 Å². The summed E-state index contributed by atoms with van der Waals surface area (Å²) in [6.45, 7) is 5.29. The highest BCUT2D eigenvalue weighted by atomic mass is 19.1. The van der Waals surface area contributed by atoms with E-state index in [0.717, 1.165) is 0 Å². The maximum absolute atomic E-state index is 13.2. The molecule has 1 aromatic carbocycles. The lowest BCUT2D eigenvalue weighted by atomic mass is 10.2. The number of hydrogen-bond acceptors (Lipinski definition) is 3. The molecule has 0 aliphatic heterocycles. The first kappa shape index (κ1) is 14.4. The maximum atomic E-state index is 13.2. The Labute approximate surface area is 107 Å². The van der Waals surface area contributed by atoms with Crippen molar-refractivity contribution in [3.8, 4) is 5.75 Å². The van der Waals surface area contributed by atoms with Gasteiger partial charge in [0.25, 0.3) is 5.91 Å². The summed E-state index contributed by atoms with van der Waals surface area (Å²) in [5.74, 6) is -0.641. The van der Waals surface area contributed by atoms with Gasteiger partial charge in [0.2, 0.25) is 0 Å². The van der Waals surface area contributed by atoms with Crippen molar-refractivity contribution in [3.63, 3.8) is 0 Å². The zero-order valence-electron chi connectivity index (χ0n) is 10.9. The summed E-state index contributed by atoms with van der Waals surface area (Å²) in [4.78, 5) is 11.8. The minimum atomic E-state index is -0.476. The van der Waals surface area contributed by atoms with Crippen LogP contribution in [0.15, 0.2) is 18.2 Å². The van der Waals surface area contributed by atoms with Gasteiger partial charge in [0.15, 0.2) is 11.6 Å². The van der Waals surface area contributed by atoms with Crippen LogP contribution in [-0.4, -0.2) is 32.1 Å². The van der Waals surface area contributed by atoms with Gasteiger partial charge in [-0.15, -0.1) is 0 Å². The number of rotatable bonds is 6. The molecule has 0 fully saturated rings. The maximum Gasteiger partial charge on any atom is 0.251 e. The van der Waals surface area contributed by atoms with E-state index in [1.807, 2.05) is 13.8 Å². The van der Waals surface area contributed by atoms with Gasteiger partial charge in [-0.25, -0.2) is 4.39 Å². The molecule has 18 heavy (non-hydrogen) atoms. The van der Waals surface area contributed by atoms with Gasteiger partial charge in [-0.3, -0.25) is 4.79 Å². The summed E-state index contributed by atoms with van der Waals surface area (Å²) in [6, 6.07) is 4.43. The number of benzene rings is 1. The molecule has 0 unspecified atom stereocenters. The van der Waals surface area contributed by atoms with Gasteiger partial charge in [-0.05, 0) is 18.2 Å². The minimum Gasteiger partial charge on any atom is -0.494 e. The van der Waals surface area contributed by atoms with Gasteiger partial charge in [0, 0.05) is 24.7 Å². The molecule has 0 aliphatic rings. The van der Waals surface area contributed by atoms with E-state index < -0.39 is 5.82 Å². The number of carbonyl (C=O) groups excluding carboxylic acids is 1. The van der Waals surface area contributed by atoms with Crippen LogP contribution in [0.25, 0.3) is 0 Å². The Balaban J connectivity index is 2.51. The van der Waals surface area contributed by atoms with E-state index in [2.05, 4.69) is 10.6 Å². The Hall–Kier alpha value is -1.62. The van der Waals surface area contributed by atoms with E-state index in [0.29, 0.717) is 24.7 Å². The van der Waals surface area contributed by atoms with Gasteiger partial charge < -0.3 is 15.4 Å². The van der Waals surface area contributed by atoms with Crippen molar-refractivity contribution in [2.24, 2.45) is 0 Å². The van der Waals surface area contributed by atoms with Crippen LogP contribution in [0, 0.1) is 5.82 Å². The summed E-state index contributed by atoms with van der Waals surface area (Å²) in [7, 11) is 1.37. The molecule has 1 amide bonds. The molecule has 1 aromatic rings. The zero-order valence-corrected chi connectivity index (χ0v) is 10.9. The van der Waals surface area contributed by atoms with Gasteiger partial charge >= 0.3 is 0 Å². The van der Waals surface area contributed by atoms with Crippen molar-refractivity contribution in [2.75, 3.05) is 20.2 Å². The van der Waals surface area contributed by atoms with Crippen molar-refractivity contribution < 1.29 is 13.9 Å². The Morgan fingerprint density at radius 2 is 2.11 bits per heavy atom. The van der Waals surface area contributed by atoms with Gasteiger partial charge in [0.1, 0.15) is 0 Å². The monoisotopic (exact) mass is 254 g/mol. The number of hydrogen-bond donors (Lipinski definition) is 2. The van der Waals surface area contributed by atoms with Crippen LogP contribution in [0.3, 0.4) is 0 Å². The van der Waals surface area contributed by atoms with Crippen LogP contribution in [-0.2, 0) is 0 Å². The third-order valence-corrected chi connectivity index (χ3v) is 2.38. The fourth-order valence-corrected chi connectivity index (χ4v) is 1.44. The highest BCUT2D eigenvalue weighted by molar-refractivity contribution is 5.94. The molecule has 100 valence electrons. The lowest BCUT2D eigenvalue weighted by Crippen LogP contribution is -2.34. The number of nitrogens with one attached hydrogen (secondary N) is 2. The van der Waals surface area contributed by atoms with Gasteiger partial charge in [0.05, 0.1) is 7.11 Å². The topological polar surface area (TPSA) is 50.4 Å². The molecule has 2 N–H and O–H groups in total. The first-order valence-corrected chi connectivity index (χ1v) is 5.89. The van der Waals surface area contributed by atoms with E-state index >= 15 is 0 Å². The quantitative estimate of drug-likeness (QED) is 0.757. The first-order valence-electron chi connectivity index (χ1n) is 5.89. The molecule has 0 bridgehead atoms. The Morgan fingerprint density at radius 1 is 1.39 bits per heavy atom. The predicted octanol–water partition coefficient (Wildman–Crippen LogP) is 1.56. The van der Waals surface area contributed by atoms with Crippen LogP contribution in [0.5, 0.6) is 5.75 Å². The molecular weight excluding hydrogens is 235 g/mol. The fourth-order valence-electron chi connectivity index (χ4n) is 1.44. The van der Waals surface area contributed by atoms with E-state index in [1.54, 1.807) is 0 Å². The highest BCUT2D eigenvalue weighted by Gasteiger charge is 2.09. The van der Waals surface area contributed by atoms with E-state index in [4.69, 9.17) is 4.74 Å². The Morgan fingerprint density at radius 3 is 2.72 bits per heavy atom. The van der Waals surface area contributed by atoms with Crippen LogP contribution < -0.4 is 15.4 Å². The smallest absolute Gasteiger partial charge is 0.251 e. The Kier molecular flexibility index (Phi) is 5.58. The SMILES string of the molecule is COc1cc(C(=O)NCCNC(C)C)ccc1F. The second-order valence-electron chi connectivity index (χ2n) is 4.21. The lowest BCUT2D eigenvalue weighted by molar-refractivity contribution is 0.0953. The third-order valence-electron chi connectivity index (χ3n) is 2.38. The number of ether oxygens (including phenoxy) is 1. The lowest BCUT2D eigenvalue weighted by Gasteiger charge is -2.10. The summed E-state index contributed by atoms with van der Waals surface area (Å²) < 4.78 is 18.0. The largest absolute Gasteiger partial charge is 0.494 e. The molecule has 0 saturated heterocycles. The van der Waals surface area contributed by atoms with Crippen molar-refractivity contribution in [1.82, 2.24) is 10.6 Å². The molecule has 0 saturated carbocycles. The number of halogens is 1. The standard InChI is InChI=1S/C13H19FN2O2/c1-9(2)15-6-7-16-13(17)10-4-5-11(14)12(8-10)18-3/h4-5,8-9,15H,6-7H2,1-3H3,(H,16,17). The molecule has 4 nitrogen and oxygen atoms in total. The summed E-state index contributed by atoms with van der Waals surface area (Å²) in [5, 5.41) is 5.93. The second kappa shape index (κ2) is 6.96. The fraction of sp³-hybridized carbons (Fsp3) is 0.462. The molecule has 0 aromatic heterocycles. The molecule has 5 heteroatoms. The molecule has 0 atom stereocenters. The van der Waals surface area contributed by atoms with Crippen LogP contribution in [0.4, 0.5) is 4.39 Å². The summed E-state index contributed by atoms with van der Waals surface area (Å²) in [5.41, 5.74) is 0.387. The van der Waals surface area contributed by atoms with Crippen LogP contribution in [0.1, 0.15) is 24.2 Å². The summed E-state index contributed by atoms with van der Waals surface area (Å²) >= 11 is 0. The third kappa shape index (κ3) is 4.33. The van der Waals surface area contributed by atoms with Crippen molar-refractivity contribution in [1.29, 1.82) is 0 Å². The average molecular weight is 254 g/mol. The second-order valence-corrected chi connectivity index (χ2v) is 4.21. The van der Waals surface area contributed by atoms with Gasteiger partial charge in [-0.1, -0.05) is 13.8 Å². The minimum absolute atomic E-state index is 0.0722. The van der Waals surface area contributed by atoms with E-state index in [9.17, 15) is 9.18 Å². The first-order chi connectivity index (χ1) is 8.54. The number of amides is 1. The van der Waals surface area contributed by atoms with E-state index in [-0.39, 0.29) is 11.7 Å². The molecule has 0 aliphatic carbocycles. The normalized spacial score (nSPS) is 10.5. The van der Waals surface area contributed by atoms with E-state index in [1.165, 1.54) is 25.3 Å². The van der Waals surface area contributed by atoms with Crippen LogP contribution in [0.2, 0.25) is 0 Å². The molecule has 1 rings (SSSR count).